The number of benzene rings is 2. The van der Waals surface area contributed by atoms with Crippen LogP contribution in [0, 0.1) is 6.92 Å². The molecule has 0 aliphatic heterocycles. The molecule has 0 aliphatic rings. The summed E-state index contributed by atoms with van der Waals surface area (Å²) in [6.45, 7) is 2.70. The highest BCUT2D eigenvalue weighted by atomic mass is 79.9. The maximum Gasteiger partial charge on any atom is 0.160 e. The third-order valence-electron chi connectivity index (χ3n) is 2.90. The maximum absolute atomic E-state index is 9.71. The Kier molecular flexibility index (Phi) is 4.32. The van der Waals surface area contributed by atoms with Gasteiger partial charge in [-0.05, 0) is 48.4 Å². The quantitative estimate of drug-likeness (QED) is 0.891. The van der Waals surface area contributed by atoms with Gasteiger partial charge in [-0.15, -0.1) is 0 Å². The molecule has 0 saturated carbocycles. The zero-order valence-corrected chi connectivity index (χ0v) is 12.5. The molecule has 4 heteroatoms. The van der Waals surface area contributed by atoms with Crippen LogP contribution < -0.4 is 10.1 Å². The smallest absolute Gasteiger partial charge is 0.160 e. The number of methoxy groups -OCH3 is 1. The monoisotopic (exact) mass is 321 g/mol. The average Bonchev–Trinajstić information content (AvgIpc) is 2.40. The topological polar surface area (TPSA) is 41.5 Å². The summed E-state index contributed by atoms with van der Waals surface area (Å²) < 4.78 is 6.11. The first-order chi connectivity index (χ1) is 9.10. The summed E-state index contributed by atoms with van der Waals surface area (Å²) >= 11 is 3.48. The molecule has 0 aromatic heterocycles. The molecule has 0 saturated heterocycles. The summed E-state index contributed by atoms with van der Waals surface area (Å²) in [5.74, 6) is 0.650. The lowest BCUT2D eigenvalue weighted by Gasteiger charge is -2.10. The normalized spacial score (nSPS) is 10.3. The van der Waals surface area contributed by atoms with Gasteiger partial charge in [-0.25, -0.2) is 0 Å². The van der Waals surface area contributed by atoms with Gasteiger partial charge < -0.3 is 15.2 Å². The highest BCUT2D eigenvalue weighted by molar-refractivity contribution is 9.10. The fourth-order valence-corrected chi connectivity index (χ4v) is 2.05. The van der Waals surface area contributed by atoms with Crippen LogP contribution in [-0.4, -0.2) is 12.2 Å². The van der Waals surface area contributed by atoms with Crippen LogP contribution in [0.5, 0.6) is 11.5 Å². The molecule has 0 heterocycles. The molecule has 0 aliphatic carbocycles. The van der Waals surface area contributed by atoms with Gasteiger partial charge in [0, 0.05) is 16.7 Å². The molecule has 0 amide bonds. The van der Waals surface area contributed by atoms with E-state index in [0.29, 0.717) is 12.3 Å². The van der Waals surface area contributed by atoms with Crippen LogP contribution in [0.1, 0.15) is 11.1 Å². The lowest BCUT2D eigenvalue weighted by atomic mass is 10.2. The van der Waals surface area contributed by atoms with Crippen LogP contribution >= 0.6 is 15.9 Å². The second kappa shape index (κ2) is 5.97. The summed E-state index contributed by atoms with van der Waals surface area (Å²) in [5.41, 5.74) is 3.23. The molecule has 2 aromatic rings. The zero-order chi connectivity index (χ0) is 13.8. The van der Waals surface area contributed by atoms with E-state index >= 15 is 0 Å². The van der Waals surface area contributed by atoms with Crippen molar-refractivity contribution >= 4 is 21.6 Å². The minimum absolute atomic E-state index is 0.161. The number of rotatable bonds is 4. The summed E-state index contributed by atoms with van der Waals surface area (Å²) in [7, 11) is 1.54. The maximum atomic E-state index is 9.71. The van der Waals surface area contributed by atoms with E-state index in [1.54, 1.807) is 12.1 Å². The lowest BCUT2D eigenvalue weighted by molar-refractivity contribution is 0.373. The first-order valence-electron chi connectivity index (χ1n) is 5.96. The van der Waals surface area contributed by atoms with E-state index in [4.69, 9.17) is 4.74 Å². The number of anilines is 1. The van der Waals surface area contributed by atoms with Gasteiger partial charge in [-0.3, -0.25) is 0 Å². The third-order valence-corrected chi connectivity index (χ3v) is 3.79. The van der Waals surface area contributed by atoms with E-state index in [9.17, 15) is 5.11 Å². The van der Waals surface area contributed by atoms with E-state index < -0.39 is 0 Å². The number of hydrogen-bond acceptors (Lipinski definition) is 3. The fraction of sp³-hybridized carbons (Fsp3) is 0.200. The van der Waals surface area contributed by atoms with Crippen molar-refractivity contribution < 1.29 is 9.84 Å². The molecule has 0 atom stereocenters. The highest BCUT2D eigenvalue weighted by Gasteiger charge is 2.03. The van der Waals surface area contributed by atoms with Gasteiger partial charge in [0.05, 0.1) is 7.11 Å². The van der Waals surface area contributed by atoms with E-state index in [0.717, 1.165) is 15.7 Å². The first kappa shape index (κ1) is 13.7. The number of hydrogen-bond donors (Lipinski definition) is 2. The fourth-order valence-electron chi connectivity index (χ4n) is 1.80. The van der Waals surface area contributed by atoms with Gasteiger partial charge >= 0.3 is 0 Å². The Morgan fingerprint density at radius 2 is 2.00 bits per heavy atom. The van der Waals surface area contributed by atoms with Crippen LogP contribution in [0.15, 0.2) is 40.9 Å². The number of aromatic hydroxyl groups is 1. The Labute approximate surface area is 121 Å². The second-order valence-corrected chi connectivity index (χ2v) is 5.18. The average molecular weight is 322 g/mol. The summed E-state index contributed by atoms with van der Waals surface area (Å²) in [5, 5.41) is 13.0. The number of phenols is 1. The minimum atomic E-state index is 0.161. The lowest BCUT2D eigenvalue weighted by Crippen LogP contribution is -1.99. The van der Waals surface area contributed by atoms with E-state index in [1.165, 1.54) is 12.7 Å². The Bertz CT molecular complexity index is 584. The van der Waals surface area contributed by atoms with Crippen molar-refractivity contribution in [2.75, 3.05) is 12.4 Å². The van der Waals surface area contributed by atoms with Gasteiger partial charge in [0.2, 0.25) is 0 Å². The molecule has 19 heavy (non-hydrogen) atoms. The molecule has 0 fully saturated rings. The molecular weight excluding hydrogens is 306 g/mol. The Balaban J connectivity index is 2.05. The van der Waals surface area contributed by atoms with Gasteiger partial charge in [0.15, 0.2) is 11.5 Å². The Morgan fingerprint density at radius 1 is 1.21 bits per heavy atom. The summed E-state index contributed by atoms with van der Waals surface area (Å²) in [6, 6.07) is 11.5. The van der Waals surface area contributed by atoms with Crippen LogP contribution in [0.3, 0.4) is 0 Å². The summed E-state index contributed by atoms with van der Waals surface area (Å²) in [4.78, 5) is 0. The van der Waals surface area contributed by atoms with Crippen LogP contribution in [0.25, 0.3) is 0 Å². The van der Waals surface area contributed by atoms with Crippen LogP contribution in [0.4, 0.5) is 5.69 Å². The molecule has 0 unspecified atom stereocenters. The SMILES string of the molecule is COc1ccc(CNc2ccc(Br)c(C)c2)cc1O. The molecule has 0 radical (unpaired) electrons. The standard InChI is InChI=1S/C15H16BrNO2/c1-10-7-12(4-5-13(10)16)17-9-11-3-6-15(19-2)14(18)8-11/h3-8,17-18H,9H2,1-2H3. The van der Waals surface area contributed by atoms with Gasteiger partial charge in [-0.2, -0.15) is 0 Å². The molecule has 2 aromatic carbocycles. The van der Waals surface area contributed by atoms with Crippen molar-refractivity contribution in [1.29, 1.82) is 0 Å². The van der Waals surface area contributed by atoms with Crippen LogP contribution in [0.2, 0.25) is 0 Å². The Hall–Kier alpha value is -1.68. The molecule has 100 valence electrons. The predicted octanol–water partition coefficient (Wildman–Crippen LogP) is 4.08. The number of halogens is 1. The third kappa shape index (κ3) is 3.41. The molecule has 0 bridgehead atoms. The van der Waals surface area contributed by atoms with Gasteiger partial charge in [0.25, 0.3) is 0 Å². The molecule has 3 nitrogen and oxygen atoms in total. The van der Waals surface area contributed by atoms with E-state index in [-0.39, 0.29) is 5.75 Å². The number of aryl methyl sites for hydroxylation is 1. The summed E-state index contributed by atoms with van der Waals surface area (Å²) in [6.07, 6.45) is 0. The van der Waals surface area contributed by atoms with Crippen molar-refractivity contribution in [3.05, 3.63) is 52.0 Å². The van der Waals surface area contributed by atoms with Gasteiger partial charge in [0.1, 0.15) is 0 Å². The number of nitrogens with one attached hydrogen (secondary N) is 1. The molecular formula is C15H16BrNO2. The molecule has 0 spiro atoms. The van der Waals surface area contributed by atoms with Gasteiger partial charge in [-0.1, -0.05) is 22.0 Å². The zero-order valence-electron chi connectivity index (χ0n) is 10.9. The highest BCUT2D eigenvalue weighted by Crippen LogP contribution is 2.27. The minimum Gasteiger partial charge on any atom is -0.504 e. The van der Waals surface area contributed by atoms with Crippen LogP contribution in [-0.2, 0) is 6.54 Å². The molecule has 2 rings (SSSR count). The second-order valence-electron chi connectivity index (χ2n) is 4.32. The first-order valence-corrected chi connectivity index (χ1v) is 6.75. The van der Waals surface area contributed by atoms with E-state index in [1.807, 2.05) is 18.2 Å². The van der Waals surface area contributed by atoms with Crippen molar-refractivity contribution in [2.45, 2.75) is 13.5 Å². The number of phenolic OH excluding ortho intramolecular Hbond substituents is 1. The van der Waals surface area contributed by atoms with Crippen molar-refractivity contribution in [1.82, 2.24) is 0 Å². The van der Waals surface area contributed by atoms with E-state index in [2.05, 4.69) is 34.2 Å². The predicted molar refractivity (Wildman–Crippen MR) is 80.9 cm³/mol. The number of ether oxygens (including phenoxy) is 1. The molecule has 2 N–H and O–H groups in total. The van der Waals surface area contributed by atoms with Crippen molar-refractivity contribution in [3.63, 3.8) is 0 Å². The van der Waals surface area contributed by atoms with Crippen molar-refractivity contribution in [2.24, 2.45) is 0 Å². The Morgan fingerprint density at radius 3 is 2.63 bits per heavy atom. The largest absolute Gasteiger partial charge is 0.504 e. The van der Waals surface area contributed by atoms with Crippen molar-refractivity contribution in [3.8, 4) is 11.5 Å².